The van der Waals surface area contributed by atoms with Crippen molar-refractivity contribution in [2.75, 3.05) is 13.1 Å². The molecule has 6 nitrogen and oxygen atoms in total. The Bertz CT molecular complexity index is 1050. The summed E-state index contributed by atoms with van der Waals surface area (Å²) in [5.41, 5.74) is 2.00. The number of carbonyl (C=O) groups excluding carboxylic acids is 1. The van der Waals surface area contributed by atoms with Gasteiger partial charge >= 0.3 is 0 Å². The predicted molar refractivity (Wildman–Crippen MR) is 119 cm³/mol. The first-order valence-corrected chi connectivity index (χ1v) is 12.0. The number of hydrogen-bond donors (Lipinski definition) is 1. The van der Waals surface area contributed by atoms with Crippen molar-refractivity contribution in [1.82, 2.24) is 19.8 Å². The highest BCUT2D eigenvalue weighted by Crippen LogP contribution is 2.34. The van der Waals surface area contributed by atoms with Crippen LogP contribution in [0.1, 0.15) is 73.6 Å². The number of aromatic amines is 1. The molecule has 1 aliphatic carbocycles. The van der Waals surface area contributed by atoms with Gasteiger partial charge in [-0.15, -0.1) is 0 Å². The number of aromatic nitrogens is 2. The fourth-order valence-electron chi connectivity index (χ4n) is 5.59. The normalized spacial score (nSPS) is 21.8. The summed E-state index contributed by atoms with van der Waals surface area (Å²) >= 11 is 0. The van der Waals surface area contributed by atoms with Gasteiger partial charge in [0.05, 0.1) is 17.3 Å². The zero-order valence-corrected chi connectivity index (χ0v) is 18.5. The number of nitrogens with one attached hydrogen (secondary N) is 1. The molecule has 0 radical (unpaired) electrons. The Labute approximate surface area is 187 Å². The molecule has 170 valence electrons. The molecule has 1 amide bonds. The molecule has 3 heterocycles. The van der Waals surface area contributed by atoms with Crippen molar-refractivity contribution in [2.24, 2.45) is 5.92 Å². The molecule has 0 bridgehead atoms. The number of amides is 1. The molecule has 1 aromatic heterocycles. The van der Waals surface area contributed by atoms with Crippen LogP contribution in [0.15, 0.2) is 29.1 Å². The Morgan fingerprint density at radius 3 is 2.75 bits per heavy atom. The first-order valence-electron chi connectivity index (χ1n) is 12.0. The molecular formula is C25H31FN4O2. The van der Waals surface area contributed by atoms with Crippen molar-refractivity contribution in [3.05, 3.63) is 63.1 Å². The standard InChI is InChI=1S/C25H31FN4O2/c26-20-9-4-3-8-18(20)15-29-13-11-21-19(16-29)25(32)28-24(27-21)22-10-5-12-30(22)23(31)14-17-6-1-2-7-17/h3-4,8-9,17,22H,1-2,5-7,10-16H2,(H,27,28,32)/t22-/m0/s1. The Hall–Kier alpha value is -2.54. The number of likely N-dealkylation sites (tertiary alicyclic amines) is 1. The van der Waals surface area contributed by atoms with E-state index in [1.165, 1.54) is 18.9 Å². The van der Waals surface area contributed by atoms with Crippen LogP contribution in [0.25, 0.3) is 0 Å². The van der Waals surface area contributed by atoms with Crippen molar-refractivity contribution >= 4 is 5.91 Å². The summed E-state index contributed by atoms with van der Waals surface area (Å²) < 4.78 is 14.0. The van der Waals surface area contributed by atoms with Gasteiger partial charge in [0.15, 0.2) is 0 Å². The Morgan fingerprint density at radius 2 is 1.94 bits per heavy atom. The molecule has 2 aliphatic heterocycles. The molecule has 1 saturated carbocycles. The van der Waals surface area contributed by atoms with E-state index in [-0.39, 0.29) is 23.3 Å². The molecule has 0 unspecified atom stereocenters. The summed E-state index contributed by atoms with van der Waals surface area (Å²) in [6.07, 6.45) is 7.84. The minimum Gasteiger partial charge on any atom is -0.333 e. The van der Waals surface area contributed by atoms with Crippen LogP contribution in [0.3, 0.4) is 0 Å². The van der Waals surface area contributed by atoms with Gasteiger partial charge in [0.1, 0.15) is 11.6 Å². The second-order valence-electron chi connectivity index (χ2n) is 9.53. The number of halogens is 1. The van der Waals surface area contributed by atoms with E-state index < -0.39 is 0 Å². The third-order valence-corrected chi connectivity index (χ3v) is 7.34. The van der Waals surface area contributed by atoms with Gasteiger partial charge in [-0.05, 0) is 37.7 Å². The van der Waals surface area contributed by atoms with Crippen molar-refractivity contribution in [1.29, 1.82) is 0 Å². The van der Waals surface area contributed by atoms with E-state index in [2.05, 4.69) is 9.88 Å². The number of carbonyl (C=O) groups is 1. The van der Waals surface area contributed by atoms with Crippen LogP contribution < -0.4 is 5.56 Å². The quantitative estimate of drug-likeness (QED) is 0.773. The molecule has 1 saturated heterocycles. The summed E-state index contributed by atoms with van der Waals surface area (Å²) in [6, 6.07) is 6.64. The summed E-state index contributed by atoms with van der Waals surface area (Å²) in [6.45, 7) is 2.40. The van der Waals surface area contributed by atoms with Crippen molar-refractivity contribution in [2.45, 2.75) is 70.5 Å². The lowest BCUT2D eigenvalue weighted by Gasteiger charge is -2.29. The topological polar surface area (TPSA) is 69.3 Å². The van der Waals surface area contributed by atoms with Gasteiger partial charge in [-0.1, -0.05) is 31.0 Å². The number of nitrogens with zero attached hydrogens (tertiary/aromatic N) is 3. The van der Waals surface area contributed by atoms with Gasteiger partial charge in [-0.3, -0.25) is 14.5 Å². The lowest BCUT2D eigenvalue weighted by molar-refractivity contribution is -0.133. The first kappa shape index (κ1) is 21.3. The third-order valence-electron chi connectivity index (χ3n) is 7.34. The fraction of sp³-hybridized carbons (Fsp3) is 0.560. The summed E-state index contributed by atoms with van der Waals surface area (Å²) in [5, 5.41) is 0. The van der Waals surface area contributed by atoms with Gasteiger partial charge in [0.2, 0.25) is 5.91 Å². The molecular weight excluding hydrogens is 407 g/mol. The van der Waals surface area contributed by atoms with Gasteiger partial charge in [0, 0.05) is 44.6 Å². The van der Waals surface area contributed by atoms with E-state index in [1.54, 1.807) is 12.1 Å². The minimum absolute atomic E-state index is 0.127. The molecule has 1 atom stereocenters. The molecule has 5 rings (SSSR count). The van der Waals surface area contributed by atoms with E-state index in [9.17, 15) is 14.0 Å². The first-order chi connectivity index (χ1) is 15.6. The van der Waals surface area contributed by atoms with Gasteiger partial charge in [-0.25, -0.2) is 9.37 Å². The maximum Gasteiger partial charge on any atom is 0.255 e. The Morgan fingerprint density at radius 1 is 1.12 bits per heavy atom. The maximum atomic E-state index is 14.0. The van der Waals surface area contributed by atoms with E-state index in [0.29, 0.717) is 48.8 Å². The van der Waals surface area contributed by atoms with E-state index in [1.807, 2.05) is 11.0 Å². The average Bonchev–Trinajstić information content (AvgIpc) is 3.48. The van der Waals surface area contributed by atoms with E-state index in [4.69, 9.17) is 4.98 Å². The van der Waals surface area contributed by atoms with Crippen molar-refractivity contribution in [3.8, 4) is 0 Å². The lowest BCUT2D eigenvalue weighted by Crippen LogP contribution is -2.38. The number of fused-ring (bicyclic) bond motifs is 1. The van der Waals surface area contributed by atoms with E-state index >= 15 is 0 Å². The maximum absolute atomic E-state index is 14.0. The second-order valence-corrected chi connectivity index (χ2v) is 9.53. The number of benzene rings is 1. The van der Waals surface area contributed by atoms with Crippen LogP contribution in [-0.2, 0) is 24.3 Å². The Balaban J connectivity index is 1.31. The largest absolute Gasteiger partial charge is 0.333 e. The van der Waals surface area contributed by atoms with Gasteiger partial charge in [-0.2, -0.15) is 0 Å². The highest BCUT2D eigenvalue weighted by atomic mass is 19.1. The zero-order valence-electron chi connectivity index (χ0n) is 18.5. The highest BCUT2D eigenvalue weighted by Gasteiger charge is 2.34. The van der Waals surface area contributed by atoms with Crippen LogP contribution in [0, 0.1) is 11.7 Å². The molecule has 3 aliphatic rings. The summed E-state index contributed by atoms with van der Waals surface area (Å²) in [5.74, 6) is 1.13. The molecule has 32 heavy (non-hydrogen) atoms. The van der Waals surface area contributed by atoms with Crippen LogP contribution in [0.2, 0.25) is 0 Å². The number of rotatable bonds is 5. The smallest absolute Gasteiger partial charge is 0.255 e. The van der Waals surface area contributed by atoms with Gasteiger partial charge < -0.3 is 9.88 Å². The summed E-state index contributed by atoms with van der Waals surface area (Å²) in [4.78, 5) is 37.8. The number of hydrogen-bond acceptors (Lipinski definition) is 4. The molecule has 0 spiro atoms. The average molecular weight is 439 g/mol. The monoisotopic (exact) mass is 438 g/mol. The zero-order chi connectivity index (χ0) is 22.1. The minimum atomic E-state index is -0.218. The van der Waals surface area contributed by atoms with E-state index in [0.717, 1.165) is 44.5 Å². The molecule has 2 aromatic rings. The molecule has 2 fully saturated rings. The molecule has 7 heteroatoms. The van der Waals surface area contributed by atoms with Crippen LogP contribution in [-0.4, -0.2) is 38.8 Å². The number of H-pyrrole nitrogens is 1. The Kier molecular flexibility index (Phi) is 6.09. The van der Waals surface area contributed by atoms with Crippen LogP contribution in [0.4, 0.5) is 4.39 Å². The van der Waals surface area contributed by atoms with Crippen LogP contribution >= 0.6 is 0 Å². The predicted octanol–water partition coefficient (Wildman–Crippen LogP) is 3.71. The van der Waals surface area contributed by atoms with Gasteiger partial charge in [0.25, 0.3) is 5.56 Å². The van der Waals surface area contributed by atoms with Crippen LogP contribution in [0.5, 0.6) is 0 Å². The molecule has 1 aromatic carbocycles. The summed E-state index contributed by atoms with van der Waals surface area (Å²) in [7, 11) is 0. The lowest BCUT2D eigenvalue weighted by atomic mass is 10.0. The second kappa shape index (κ2) is 9.14. The van der Waals surface area contributed by atoms with Crippen molar-refractivity contribution in [3.63, 3.8) is 0 Å². The van der Waals surface area contributed by atoms with Crippen molar-refractivity contribution < 1.29 is 9.18 Å². The third kappa shape index (κ3) is 4.35. The fourth-order valence-corrected chi connectivity index (χ4v) is 5.59. The molecule has 1 N–H and O–H groups in total. The highest BCUT2D eigenvalue weighted by molar-refractivity contribution is 5.77. The SMILES string of the molecule is O=C(CC1CCCC1)N1CCC[C@H]1c1nc2c(c(=O)[nH]1)CN(Cc1ccccc1F)CC2.